The minimum Gasteiger partial charge on any atom is -0.395 e. The fourth-order valence-corrected chi connectivity index (χ4v) is 2.91. The highest BCUT2D eigenvalue weighted by molar-refractivity contribution is 5.16. The minimum atomic E-state index is 0.327. The number of piperidine rings is 1. The number of hydrogen-bond acceptors (Lipinski definition) is 2. The molecule has 1 N–H and O–H groups in total. The molecular formula is C13H17NO. The van der Waals surface area contributed by atoms with Crippen LogP contribution in [0.25, 0.3) is 0 Å². The Hall–Kier alpha value is -0.860. The van der Waals surface area contributed by atoms with E-state index in [0.717, 1.165) is 18.4 Å². The molecule has 2 aliphatic rings. The molecule has 3 rings (SSSR count). The van der Waals surface area contributed by atoms with Gasteiger partial charge in [0.05, 0.1) is 6.61 Å². The summed E-state index contributed by atoms with van der Waals surface area (Å²) in [5.74, 6) is 1.67. The second-order valence-electron chi connectivity index (χ2n) is 4.82. The predicted molar refractivity (Wildman–Crippen MR) is 59.3 cm³/mol. The van der Waals surface area contributed by atoms with Crippen LogP contribution >= 0.6 is 0 Å². The first-order valence-electron chi connectivity index (χ1n) is 5.77. The van der Waals surface area contributed by atoms with Gasteiger partial charge in [-0.25, -0.2) is 0 Å². The Morgan fingerprint density at radius 2 is 2.07 bits per heavy atom. The zero-order chi connectivity index (χ0) is 10.3. The molecule has 1 saturated carbocycles. The monoisotopic (exact) mass is 203 g/mol. The van der Waals surface area contributed by atoms with Crippen LogP contribution < -0.4 is 0 Å². The van der Waals surface area contributed by atoms with Crippen molar-refractivity contribution in [2.24, 2.45) is 11.8 Å². The maximum atomic E-state index is 9.37. The van der Waals surface area contributed by atoms with Crippen molar-refractivity contribution in [2.45, 2.75) is 19.0 Å². The van der Waals surface area contributed by atoms with Crippen molar-refractivity contribution in [1.29, 1.82) is 0 Å². The maximum Gasteiger partial charge on any atom is 0.0589 e. The predicted octanol–water partition coefficient (Wildman–Crippen LogP) is 1.50. The normalized spacial score (nSPS) is 34.1. The first-order chi connectivity index (χ1) is 7.38. The Kier molecular flexibility index (Phi) is 2.26. The van der Waals surface area contributed by atoms with Crippen molar-refractivity contribution in [3.8, 4) is 0 Å². The van der Waals surface area contributed by atoms with Crippen molar-refractivity contribution in [2.75, 3.05) is 13.2 Å². The van der Waals surface area contributed by atoms with Crippen LogP contribution in [0.5, 0.6) is 0 Å². The number of aliphatic hydroxyl groups excluding tert-OH is 1. The molecule has 2 fully saturated rings. The molecule has 1 aliphatic carbocycles. The van der Waals surface area contributed by atoms with Gasteiger partial charge in [-0.3, -0.25) is 4.90 Å². The van der Waals surface area contributed by atoms with Crippen LogP contribution in [0.2, 0.25) is 0 Å². The Morgan fingerprint density at radius 1 is 1.27 bits per heavy atom. The molecule has 3 atom stereocenters. The smallest absolute Gasteiger partial charge is 0.0589 e. The highest BCUT2D eigenvalue weighted by atomic mass is 16.3. The van der Waals surface area contributed by atoms with Gasteiger partial charge in [-0.15, -0.1) is 0 Å². The lowest BCUT2D eigenvalue weighted by atomic mass is 10.1. The van der Waals surface area contributed by atoms with Gasteiger partial charge < -0.3 is 5.11 Å². The van der Waals surface area contributed by atoms with Crippen molar-refractivity contribution in [3.05, 3.63) is 35.9 Å². The molecule has 0 spiro atoms. The molecule has 1 heterocycles. The molecule has 2 heteroatoms. The molecule has 0 bridgehead atoms. The topological polar surface area (TPSA) is 23.5 Å². The first-order valence-corrected chi connectivity index (χ1v) is 5.77. The van der Waals surface area contributed by atoms with Crippen molar-refractivity contribution in [3.63, 3.8) is 0 Å². The lowest BCUT2D eigenvalue weighted by molar-refractivity contribution is 0.131. The molecule has 1 aliphatic heterocycles. The van der Waals surface area contributed by atoms with Crippen molar-refractivity contribution < 1.29 is 5.11 Å². The van der Waals surface area contributed by atoms with E-state index < -0.39 is 0 Å². The zero-order valence-corrected chi connectivity index (χ0v) is 8.84. The summed E-state index contributed by atoms with van der Waals surface area (Å²) in [6.07, 6.45) is 1.34. The lowest BCUT2D eigenvalue weighted by Crippen LogP contribution is -2.35. The number of rotatable bonds is 3. The summed E-state index contributed by atoms with van der Waals surface area (Å²) in [6, 6.07) is 11.0. The average Bonchev–Trinajstić information content (AvgIpc) is 2.93. The fraction of sp³-hybridized carbons (Fsp3) is 0.538. The molecule has 1 aromatic carbocycles. The van der Waals surface area contributed by atoms with Crippen molar-refractivity contribution >= 4 is 0 Å². The lowest BCUT2D eigenvalue weighted by Gasteiger charge is -2.25. The number of fused-ring (bicyclic) bond motifs is 1. The number of hydrogen-bond donors (Lipinski definition) is 1. The number of likely N-dealkylation sites (tertiary alicyclic amines) is 1. The van der Waals surface area contributed by atoms with Gasteiger partial charge in [-0.05, 0) is 23.8 Å². The molecule has 0 unspecified atom stereocenters. The molecule has 0 amide bonds. The average molecular weight is 203 g/mol. The molecule has 0 radical (unpaired) electrons. The van der Waals surface area contributed by atoms with E-state index in [4.69, 9.17) is 0 Å². The van der Waals surface area contributed by atoms with Crippen LogP contribution in [-0.4, -0.2) is 29.2 Å². The summed E-state index contributed by atoms with van der Waals surface area (Å²) in [7, 11) is 0. The van der Waals surface area contributed by atoms with Crippen LogP contribution in [0.4, 0.5) is 0 Å². The quantitative estimate of drug-likeness (QED) is 0.804. The van der Waals surface area contributed by atoms with Gasteiger partial charge in [0, 0.05) is 19.1 Å². The summed E-state index contributed by atoms with van der Waals surface area (Å²) in [4.78, 5) is 2.44. The maximum absolute atomic E-state index is 9.37. The van der Waals surface area contributed by atoms with Crippen LogP contribution in [0, 0.1) is 11.8 Å². The van der Waals surface area contributed by atoms with E-state index in [1.807, 2.05) is 0 Å². The van der Waals surface area contributed by atoms with Gasteiger partial charge in [0.15, 0.2) is 0 Å². The molecule has 1 aromatic rings. The van der Waals surface area contributed by atoms with Gasteiger partial charge >= 0.3 is 0 Å². The minimum absolute atomic E-state index is 0.327. The molecule has 1 saturated heterocycles. The zero-order valence-electron chi connectivity index (χ0n) is 8.84. The second kappa shape index (κ2) is 3.62. The molecule has 0 aromatic heterocycles. The fourth-order valence-electron chi connectivity index (χ4n) is 2.91. The standard InChI is InChI=1S/C13H17NO/c15-9-13-12-6-11(12)8-14(13)7-10-4-2-1-3-5-10/h1-5,11-13,15H,6-9H2/t11-,12-,13+/m1/s1. The number of benzene rings is 1. The third kappa shape index (κ3) is 1.68. The third-order valence-electron chi connectivity index (χ3n) is 3.83. The third-order valence-corrected chi connectivity index (χ3v) is 3.83. The van der Waals surface area contributed by atoms with Gasteiger partial charge in [-0.2, -0.15) is 0 Å². The van der Waals surface area contributed by atoms with Crippen LogP contribution in [-0.2, 0) is 6.54 Å². The van der Waals surface area contributed by atoms with Crippen molar-refractivity contribution in [1.82, 2.24) is 4.90 Å². The van der Waals surface area contributed by atoms with Crippen LogP contribution in [0.3, 0.4) is 0 Å². The summed E-state index contributed by atoms with van der Waals surface area (Å²) in [6.45, 7) is 2.51. The van der Waals surface area contributed by atoms with Gasteiger partial charge in [-0.1, -0.05) is 30.3 Å². The van der Waals surface area contributed by atoms with Gasteiger partial charge in [0.25, 0.3) is 0 Å². The van der Waals surface area contributed by atoms with E-state index >= 15 is 0 Å². The number of aliphatic hydroxyl groups is 1. The summed E-state index contributed by atoms with van der Waals surface area (Å²) >= 11 is 0. The molecule has 15 heavy (non-hydrogen) atoms. The Balaban J connectivity index is 1.69. The Labute approximate surface area is 90.5 Å². The van der Waals surface area contributed by atoms with E-state index in [2.05, 4.69) is 35.2 Å². The van der Waals surface area contributed by atoms with Gasteiger partial charge in [0.1, 0.15) is 0 Å². The van der Waals surface area contributed by atoms with E-state index in [-0.39, 0.29) is 0 Å². The summed E-state index contributed by atoms with van der Waals surface area (Å²) in [5.41, 5.74) is 1.36. The Bertz CT molecular complexity index is 338. The molecular weight excluding hydrogens is 186 g/mol. The van der Waals surface area contributed by atoms with Gasteiger partial charge in [0.2, 0.25) is 0 Å². The summed E-state index contributed by atoms with van der Waals surface area (Å²) < 4.78 is 0. The first kappa shape index (κ1) is 9.37. The Morgan fingerprint density at radius 3 is 2.80 bits per heavy atom. The molecule has 80 valence electrons. The summed E-state index contributed by atoms with van der Waals surface area (Å²) in [5, 5.41) is 9.37. The highest BCUT2D eigenvalue weighted by Crippen LogP contribution is 2.49. The largest absolute Gasteiger partial charge is 0.395 e. The molecule has 2 nitrogen and oxygen atoms in total. The van der Waals surface area contributed by atoms with E-state index in [0.29, 0.717) is 12.6 Å². The SMILES string of the molecule is OC[C@H]1[C@@H]2C[C@@H]2CN1Cc1ccccc1. The number of nitrogens with zero attached hydrogens (tertiary/aromatic N) is 1. The van der Waals surface area contributed by atoms with E-state index in [9.17, 15) is 5.11 Å². The van der Waals surface area contributed by atoms with Crippen LogP contribution in [0.1, 0.15) is 12.0 Å². The second-order valence-corrected chi connectivity index (χ2v) is 4.82. The van der Waals surface area contributed by atoms with E-state index in [1.165, 1.54) is 18.5 Å². The highest BCUT2D eigenvalue weighted by Gasteiger charge is 2.51. The van der Waals surface area contributed by atoms with E-state index in [1.54, 1.807) is 0 Å². The van der Waals surface area contributed by atoms with Crippen LogP contribution in [0.15, 0.2) is 30.3 Å².